The van der Waals surface area contributed by atoms with Gasteiger partial charge in [0.25, 0.3) is 0 Å². The number of hydrogen-bond donors (Lipinski definition) is 5. The number of nitrogens with zero attached hydrogens (tertiary/aromatic N) is 3. The van der Waals surface area contributed by atoms with Gasteiger partial charge in [-0.05, 0) is 64.7 Å². The van der Waals surface area contributed by atoms with E-state index in [-0.39, 0.29) is 43.3 Å². The van der Waals surface area contributed by atoms with Crippen molar-refractivity contribution in [3.8, 4) is 17.6 Å². The molecule has 4 heterocycles. The average molecular weight is 874 g/mol. The first-order chi connectivity index (χ1) is 31.6. The second-order valence-corrected chi connectivity index (χ2v) is 15.8. The van der Waals surface area contributed by atoms with Crippen LogP contribution in [-0.4, -0.2) is 82.8 Å². The Morgan fingerprint density at radius 2 is 1.57 bits per heavy atom. The van der Waals surface area contributed by atoms with E-state index in [1.807, 2.05) is 89.8 Å². The lowest BCUT2D eigenvalue weighted by Gasteiger charge is -2.46. The van der Waals surface area contributed by atoms with Gasteiger partial charge in [0.05, 0.1) is 54.4 Å². The maximum atomic E-state index is 16.2. The van der Waals surface area contributed by atoms with Crippen molar-refractivity contribution in [1.29, 1.82) is 0 Å². The molecule has 1 spiro atoms. The second-order valence-electron chi connectivity index (χ2n) is 15.8. The van der Waals surface area contributed by atoms with Crippen LogP contribution in [-0.2, 0) is 40.6 Å². The molecule has 6 aromatic rings. The Morgan fingerprint density at radius 3 is 2.28 bits per heavy atom. The number of esters is 1. The zero-order valence-electron chi connectivity index (χ0n) is 35.0. The first-order valence-corrected chi connectivity index (χ1v) is 20.9. The predicted molar refractivity (Wildman–Crippen MR) is 236 cm³/mol. The molecule has 2 fully saturated rings. The number of phenolic OH excluding ortho intramolecular Hbond substituents is 1. The van der Waals surface area contributed by atoms with Crippen LogP contribution in [0.2, 0.25) is 0 Å². The number of fused-ring (bicyclic) bond motifs is 4. The predicted octanol–water partition coefficient (Wildman–Crippen LogP) is 5.05. The number of morpholine rings is 1. The molecule has 9 rings (SSSR count). The van der Waals surface area contributed by atoms with Gasteiger partial charge >= 0.3 is 18.1 Å². The number of benzene rings is 5. The molecule has 328 valence electrons. The van der Waals surface area contributed by atoms with Crippen molar-refractivity contribution in [2.45, 2.75) is 36.2 Å². The molecule has 0 aliphatic carbocycles. The monoisotopic (exact) mass is 873 g/mol. The molecule has 6 N–H and O–H groups in total. The van der Waals surface area contributed by atoms with Crippen molar-refractivity contribution in [3.05, 3.63) is 161 Å². The highest BCUT2D eigenvalue weighted by Crippen LogP contribution is 2.66. The normalized spacial score (nSPS) is 22.1. The SMILES string of the molecule is COCCOC(=O)N1C(=O)C2(c3cc(C#CCNC(N)=O)ccc31)C(C(=O)NCc1nc3ccccc3[nH]1)C1C(=O)OC(c3ccccc3)C(c3ccccc3)N1C2c1ccc(O)cc1. The number of para-hydroxylation sites is 2. The fraction of sp³-hybridized carbons (Fsp3) is 0.224. The van der Waals surface area contributed by atoms with Crippen LogP contribution >= 0.6 is 0 Å². The fourth-order valence-corrected chi connectivity index (χ4v) is 9.55. The number of aromatic nitrogens is 2. The third kappa shape index (κ3) is 7.56. The molecule has 0 radical (unpaired) electrons. The third-order valence-corrected chi connectivity index (χ3v) is 12.1. The number of rotatable bonds is 10. The van der Waals surface area contributed by atoms with Crippen LogP contribution in [0.4, 0.5) is 15.3 Å². The van der Waals surface area contributed by atoms with Gasteiger partial charge in [0.1, 0.15) is 35.7 Å². The first-order valence-electron chi connectivity index (χ1n) is 20.9. The van der Waals surface area contributed by atoms with Crippen molar-refractivity contribution in [3.63, 3.8) is 0 Å². The number of nitrogens with two attached hydrogens (primary N) is 1. The summed E-state index contributed by atoms with van der Waals surface area (Å²) >= 11 is 0. The Balaban J connectivity index is 1.31. The van der Waals surface area contributed by atoms with E-state index >= 15 is 14.4 Å². The van der Waals surface area contributed by atoms with Crippen molar-refractivity contribution in [2.24, 2.45) is 11.7 Å². The van der Waals surface area contributed by atoms with Crippen molar-refractivity contribution in [1.82, 2.24) is 25.5 Å². The number of aromatic hydroxyl groups is 1. The number of imidazole rings is 1. The number of cyclic esters (lactones) is 1. The molecule has 5 amide bonds. The van der Waals surface area contributed by atoms with Gasteiger partial charge in [0.15, 0.2) is 0 Å². The summed E-state index contributed by atoms with van der Waals surface area (Å²) in [4.78, 5) is 83.5. The molecule has 1 aromatic heterocycles. The number of aromatic amines is 1. The molecule has 0 bridgehead atoms. The van der Waals surface area contributed by atoms with Crippen LogP contribution < -0.4 is 21.3 Å². The van der Waals surface area contributed by atoms with Gasteiger partial charge in [-0.25, -0.2) is 19.5 Å². The number of amides is 5. The van der Waals surface area contributed by atoms with E-state index in [4.69, 9.17) is 19.9 Å². The van der Waals surface area contributed by atoms with E-state index < -0.39 is 65.5 Å². The summed E-state index contributed by atoms with van der Waals surface area (Å²) in [6, 6.07) is 32.6. The number of urea groups is 1. The van der Waals surface area contributed by atoms with Gasteiger partial charge in [0, 0.05) is 12.7 Å². The minimum Gasteiger partial charge on any atom is -0.508 e. The van der Waals surface area contributed by atoms with Gasteiger partial charge in [-0.2, -0.15) is 0 Å². The van der Waals surface area contributed by atoms with Gasteiger partial charge in [-0.15, -0.1) is 0 Å². The topological polar surface area (TPSA) is 219 Å². The number of primary amides is 1. The number of methoxy groups -OCH3 is 1. The Hall–Kier alpha value is -8.00. The molecular weight excluding hydrogens is 831 g/mol. The summed E-state index contributed by atoms with van der Waals surface area (Å²) in [5, 5.41) is 16.1. The maximum absolute atomic E-state index is 16.2. The largest absolute Gasteiger partial charge is 0.508 e. The number of ether oxygens (including phenoxy) is 3. The standard InChI is InChI=1S/C49H43N7O9/c1-63-25-26-64-48(62)55-37-23-18-29(11-10-24-51-47(50)61)27-34(37)49(46(55)60)39(44(58)52-28-38-53-35-16-8-9-17-36(35)54-38)41-45(59)65-42(31-14-6-3-7-15-31)40(30-12-4-2-5-13-30)56(41)43(49)32-19-21-33(57)22-20-32/h2-9,12-23,27,39-43,57H,24-26,28H2,1H3,(H,52,58)(H,53,54)(H3,50,51,61). The lowest BCUT2D eigenvalue weighted by molar-refractivity contribution is -0.178. The molecule has 6 atom stereocenters. The molecular formula is C49H43N7O9. The molecule has 65 heavy (non-hydrogen) atoms. The van der Waals surface area contributed by atoms with Crippen LogP contribution in [0.15, 0.2) is 127 Å². The minimum atomic E-state index is -2.10. The average Bonchev–Trinajstić information content (AvgIpc) is 3.96. The van der Waals surface area contributed by atoms with Crippen molar-refractivity contribution in [2.75, 3.05) is 31.8 Å². The van der Waals surface area contributed by atoms with E-state index in [1.54, 1.807) is 30.3 Å². The fourth-order valence-electron chi connectivity index (χ4n) is 9.55. The number of carbonyl (C=O) groups is 5. The van der Waals surface area contributed by atoms with E-state index in [2.05, 4.69) is 32.4 Å². The number of hydrogen-bond acceptors (Lipinski definition) is 11. The second kappa shape index (κ2) is 17.6. The van der Waals surface area contributed by atoms with E-state index in [0.717, 1.165) is 10.4 Å². The first kappa shape index (κ1) is 42.3. The Morgan fingerprint density at radius 1 is 0.862 bits per heavy atom. The summed E-state index contributed by atoms with van der Waals surface area (Å²) < 4.78 is 17.3. The van der Waals surface area contributed by atoms with Gasteiger partial charge in [-0.3, -0.25) is 19.3 Å². The molecule has 3 aliphatic rings. The quantitative estimate of drug-likeness (QED) is 0.0697. The lowest BCUT2D eigenvalue weighted by atomic mass is 9.65. The maximum Gasteiger partial charge on any atom is 0.421 e. The number of anilines is 1. The smallest absolute Gasteiger partial charge is 0.421 e. The highest BCUT2D eigenvalue weighted by molar-refractivity contribution is 6.23. The van der Waals surface area contributed by atoms with E-state index in [0.29, 0.717) is 33.6 Å². The zero-order chi connectivity index (χ0) is 45.2. The zero-order valence-corrected chi connectivity index (χ0v) is 35.0. The van der Waals surface area contributed by atoms with Crippen LogP contribution in [0.25, 0.3) is 11.0 Å². The highest BCUT2D eigenvalue weighted by Gasteiger charge is 2.75. The summed E-state index contributed by atoms with van der Waals surface area (Å²) in [6.45, 7) is -0.387. The summed E-state index contributed by atoms with van der Waals surface area (Å²) in [6.07, 6.45) is -1.98. The van der Waals surface area contributed by atoms with Gasteiger partial charge < -0.3 is 40.7 Å². The molecule has 0 saturated carbocycles. The summed E-state index contributed by atoms with van der Waals surface area (Å²) in [5.74, 6) is 2.28. The minimum absolute atomic E-state index is 0.0317. The van der Waals surface area contributed by atoms with E-state index in [9.17, 15) is 14.7 Å². The summed E-state index contributed by atoms with van der Waals surface area (Å²) in [5.41, 5.74) is 7.07. The van der Waals surface area contributed by atoms with Gasteiger partial charge in [-0.1, -0.05) is 96.8 Å². The summed E-state index contributed by atoms with van der Waals surface area (Å²) in [7, 11) is 1.44. The van der Waals surface area contributed by atoms with Crippen LogP contribution in [0.3, 0.4) is 0 Å². The van der Waals surface area contributed by atoms with Crippen LogP contribution in [0.5, 0.6) is 5.75 Å². The molecule has 5 aromatic carbocycles. The number of nitrogens with one attached hydrogen (secondary N) is 3. The Kier molecular flexibility index (Phi) is 11.5. The number of phenols is 1. The molecule has 3 aliphatic heterocycles. The Labute approximate surface area is 372 Å². The highest BCUT2D eigenvalue weighted by atomic mass is 16.6. The number of H-pyrrole nitrogens is 1. The van der Waals surface area contributed by atoms with Gasteiger partial charge in [0.2, 0.25) is 11.8 Å². The molecule has 2 saturated heterocycles. The van der Waals surface area contributed by atoms with Crippen molar-refractivity contribution >= 4 is 46.6 Å². The third-order valence-electron chi connectivity index (χ3n) is 12.1. The van der Waals surface area contributed by atoms with E-state index in [1.165, 1.54) is 19.2 Å². The van der Waals surface area contributed by atoms with Crippen LogP contribution in [0.1, 0.15) is 51.8 Å². The molecule has 6 unspecified atom stereocenters. The van der Waals surface area contributed by atoms with Crippen LogP contribution in [0, 0.1) is 17.8 Å². The lowest BCUT2D eigenvalue weighted by Crippen LogP contribution is -2.55. The Bertz CT molecular complexity index is 2830. The number of carbonyl (C=O) groups excluding carboxylic acids is 5. The number of imide groups is 1. The molecule has 16 heteroatoms. The molecule has 16 nitrogen and oxygen atoms in total. The van der Waals surface area contributed by atoms with Crippen molar-refractivity contribution < 1.29 is 43.3 Å².